The zero-order valence-electron chi connectivity index (χ0n) is 20.3. The highest BCUT2D eigenvalue weighted by Crippen LogP contribution is 2.34. The molecule has 4 aromatic heterocycles. The first-order valence-corrected chi connectivity index (χ1v) is 13.3. The molecule has 0 aliphatic carbocycles. The Morgan fingerprint density at radius 2 is 1.70 bits per heavy atom. The van der Waals surface area contributed by atoms with Crippen molar-refractivity contribution in [2.24, 2.45) is 0 Å². The highest BCUT2D eigenvalue weighted by Gasteiger charge is 2.16. The molecule has 1 amide bonds. The number of carbonyl (C=O) groups is 1. The quantitative estimate of drug-likeness (QED) is 0.256. The van der Waals surface area contributed by atoms with Crippen LogP contribution >= 0.6 is 11.3 Å². The largest absolute Gasteiger partial charge is 0.356 e. The molecule has 0 saturated carbocycles. The smallest absolute Gasteiger partial charge is 0.220 e. The van der Waals surface area contributed by atoms with E-state index in [9.17, 15) is 4.79 Å². The van der Waals surface area contributed by atoms with Gasteiger partial charge in [0.25, 0.3) is 0 Å². The zero-order chi connectivity index (χ0) is 25.0. The Kier molecular flexibility index (Phi) is 6.48. The van der Waals surface area contributed by atoms with Gasteiger partial charge in [0.05, 0.1) is 11.4 Å². The van der Waals surface area contributed by atoms with E-state index in [-0.39, 0.29) is 5.91 Å². The Morgan fingerprint density at radius 1 is 0.865 bits per heavy atom. The number of hydrogen-bond acceptors (Lipinski definition) is 4. The Bertz CT molecular complexity index is 1640. The Balaban J connectivity index is 1.28. The standard InChI is InChI=1S/C31H26N4OS/c36-30(33-19-17-25-11-6-7-18-32-25)16-14-26-31(22-8-2-1-3-9-22)34-29-15-13-24(21-35(26)29)28-20-23-10-4-5-12-27(23)37-28/h1-13,15,18,20-21H,14,16-17,19H2,(H,33,36). The second kappa shape index (κ2) is 10.4. The summed E-state index contributed by atoms with van der Waals surface area (Å²) in [7, 11) is 0. The number of pyridine rings is 2. The average molecular weight is 503 g/mol. The summed E-state index contributed by atoms with van der Waals surface area (Å²) in [5.41, 5.74) is 6.03. The second-order valence-corrected chi connectivity index (χ2v) is 10.1. The number of hydrogen-bond donors (Lipinski definition) is 1. The van der Waals surface area contributed by atoms with Crippen LogP contribution in [-0.4, -0.2) is 26.8 Å². The number of nitrogens with zero attached hydrogens (tertiary/aromatic N) is 3. The van der Waals surface area contributed by atoms with Crippen molar-refractivity contribution in [1.29, 1.82) is 0 Å². The Hall–Kier alpha value is -4.29. The van der Waals surface area contributed by atoms with Gasteiger partial charge in [-0.2, -0.15) is 0 Å². The first-order valence-electron chi connectivity index (χ1n) is 12.5. The molecule has 0 aliphatic heterocycles. The molecule has 5 nitrogen and oxygen atoms in total. The van der Waals surface area contributed by atoms with Crippen LogP contribution < -0.4 is 5.32 Å². The fourth-order valence-corrected chi connectivity index (χ4v) is 5.68. The SMILES string of the molecule is O=C(CCc1c(-c2ccccc2)nc2ccc(-c3cc4ccccc4s3)cn12)NCCc1ccccn1. The maximum absolute atomic E-state index is 12.7. The summed E-state index contributed by atoms with van der Waals surface area (Å²) >= 11 is 1.79. The summed E-state index contributed by atoms with van der Waals surface area (Å²) < 4.78 is 3.43. The molecule has 0 aliphatic rings. The van der Waals surface area contributed by atoms with E-state index < -0.39 is 0 Å². The van der Waals surface area contributed by atoms with Gasteiger partial charge in [-0.15, -0.1) is 11.3 Å². The molecule has 6 rings (SSSR count). The fraction of sp³-hybridized carbons (Fsp3) is 0.129. The van der Waals surface area contributed by atoms with Crippen LogP contribution in [0.5, 0.6) is 0 Å². The average Bonchev–Trinajstić information content (AvgIpc) is 3.54. The van der Waals surface area contributed by atoms with Crippen molar-refractivity contribution in [2.45, 2.75) is 19.3 Å². The molecule has 1 N–H and O–H groups in total. The third-order valence-corrected chi connectivity index (χ3v) is 7.66. The van der Waals surface area contributed by atoms with E-state index in [2.05, 4.69) is 75.5 Å². The summed E-state index contributed by atoms with van der Waals surface area (Å²) in [5, 5.41) is 4.30. The van der Waals surface area contributed by atoms with Crippen molar-refractivity contribution in [2.75, 3.05) is 6.54 Å². The van der Waals surface area contributed by atoms with Crippen molar-refractivity contribution in [3.05, 3.63) is 115 Å². The number of thiophene rings is 1. The number of benzene rings is 2. The van der Waals surface area contributed by atoms with Crippen molar-refractivity contribution in [1.82, 2.24) is 19.7 Å². The molecule has 0 spiro atoms. The number of carbonyl (C=O) groups excluding carboxylic acids is 1. The van der Waals surface area contributed by atoms with Gasteiger partial charge in [0.1, 0.15) is 5.65 Å². The van der Waals surface area contributed by atoms with Gasteiger partial charge in [-0.3, -0.25) is 9.78 Å². The first-order chi connectivity index (χ1) is 18.2. The maximum Gasteiger partial charge on any atom is 0.220 e. The van der Waals surface area contributed by atoms with E-state index in [4.69, 9.17) is 4.98 Å². The molecule has 182 valence electrons. The summed E-state index contributed by atoms with van der Waals surface area (Å²) in [4.78, 5) is 23.3. The lowest BCUT2D eigenvalue weighted by Crippen LogP contribution is -2.26. The molecule has 4 heterocycles. The molecule has 2 aromatic carbocycles. The van der Waals surface area contributed by atoms with Crippen LogP contribution in [0.4, 0.5) is 0 Å². The lowest BCUT2D eigenvalue weighted by Gasteiger charge is -2.08. The molecule has 37 heavy (non-hydrogen) atoms. The number of fused-ring (bicyclic) bond motifs is 2. The summed E-state index contributed by atoms with van der Waals surface area (Å²) in [5.74, 6) is 0.0329. The van der Waals surface area contributed by atoms with Crippen molar-refractivity contribution >= 4 is 33.0 Å². The molecule has 0 bridgehead atoms. The van der Waals surface area contributed by atoms with Gasteiger partial charge in [-0.1, -0.05) is 54.6 Å². The third kappa shape index (κ3) is 5.01. The minimum atomic E-state index is 0.0329. The molecule has 0 fully saturated rings. The van der Waals surface area contributed by atoms with Crippen molar-refractivity contribution in [3.8, 4) is 21.7 Å². The van der Waals surface area contributed by atoms with Crippen LogP contribution in [0.1, 0.15) is 17.8 Å². The van der Waals surface area contributed by atoms with Crippen molar-refractivity contribution in [3.63, 3.8) is 0 Å². The highest BCUT2D eigenvalue weighted by molar-refractivity contribution is 7.22. The summed E-state index contributed by atoms with van der Waals surface area (Å²) in [6.45, 7) is 0.574. The normalized spacial score (nSPS) is 11.2. The Labute approximate surface area is 219 Å². The van der Waals surface area contributed by atoms with Gasteiger partial charge in [-0.05, 0) is 48.2 Å². The van der Waals surface area contributed by atoms with Crippen LogP contribution in [0.2, 0.25) is 0 Å². The maximum atomic E-state index is 12.7. The van der Waals surface area contributed by atoms with E-state index in [0.717, 1.165) is 40.3 Å². The van der Waals surface area contributed by atoms with Gasteiger partial charge < -0.3 is 9.72 Å². The van der Waals surface area contributed by atoms with Gasteiger partial charge >= 0.3 is 0 Å². The van der Waals surface area contributed by atoms with E-state index in [1.807, 2.05) is 36.4 Å². The minimum absolute atomic E-state index is 0.0329. The van der Waals surface area contributed by atoms with Crippen LogP contribution in [0.3, 0.4) is 0 Å². The van der Waals surface area contributed by atoms with Crippen LogP contribution in [0.15, 0.2) is 103 Å². The lowest BCUT2D eigenvalue weighted by atomic mass is 10.1. The van der Waals surface area contributed by atoms with Crippen molar-refractivity contribution < 1.29 is 4.79 Å². The number of nitrogens with one attached hydrogen (secondary N) is 1. The molecule has 0 atom stereocenters. The number of amides is 1. The molecule has 0 radical (unpaired) electrons. The third-order valence-electron chi connectivity index (χ3n) is 6.49. The molecular formula is C31H26N4OS. The first kappa shape index (κ1) is 23.1. The predicted molar refractivity (Wildman–Crippen MR) is 151 cm³/mol. The van der Waals surface area contributed by atoms with Gasteiger partial charge in [0, 0.05) is 58.2 Å². The van der Waals surface area contributed by atoms with Gasteiger partial charge in [0.2, 0.25) is 5.91 Å². The zero-order valence-corrected chi connectivity index (χ0v) is 21.1. The highest BCUT2D eigenvalue weighted by atomic mass is 32.1. The van der Waals surface area contributed by atoms with E-state index >= 15 is 0 Å². The molecule has 0 saturated heterocycles. The predicted octanol–water partition coefficient (Wildman–Crippen LogP) is 6.57. The monoisotopic (exact) mass is 502 g/mol. The molecule has 6 aromatic rings. The number of aryl methyl sites for hydroxylation is 1. The van der Waals surface area contributed by atoms with E-state index in [1.54, 1.807) is 17.5 Å². The van der Waals surface area contributed by atoms with Crippen LogP contribution in [0.25, 0.3) is 37.4 Å². The van der Waals surface area contributed by atoms with E-state index in [0.29, 0.717) is 19.4 Å². The fourth-order valence-electron chi connectivity index (χ4n) is 4.63. The molecule has 6 heteroatoms. The summed E-state index contributed by atoms with van der Waals surface area (Å²) in [6.07, 6.45) is 5.64. The van der Waals surface area contributed by atoms with E-state index in [1.165, 1.54) is 15.0 Å². The lowest BCUT2D eigenvalue weighted by molar-refractivity contribution is -0.121. The number of aromatic nitrogens is 3. The van der Waals surface area contributed by atoms with Crippen LogP contribution in [-0.2, 0) is 17.6 Å². The number of rotatable bonds is 8. The topological polar surface area (TPSA) is 59.3 Å². The number of imidazole rings is 1. The van der Waals surface area contributed by atoms with Gasteiger partial charge in [0.15, 0.2) is 0 Å². The molecular weight excluding hydrogens is 476 g/mol. The molecule has 0 unspecified atom stereocenters. The second-order valence-electron chi connectivity index (χ2n) is 8.99. The Morgan fingerprint density at radius 3 is 2.54 bits per heavy atom. The van der Waals surface area contributed by atoms with Gasteiger partial charge in [-0.25, -0.2) is 4.98 Å². The minimum Gasteiger partial charge on any atom is -0.356 e. The summed E-state index contributed by atoms with van der Waals surface area (Å²) in [6, 6.07) is 30.9. The van der Waals surface area contributed by atoms with Crippen LogP contribution in [0, 0.1) is 0 Å².